The van der Waals surface area contributed by atoms with E-state index in [1.54, 1.807) is 0 Å². The van der Waals surface area contributed by atoms with Crippen molar-refractivity contribution in [2.75, 3.05) is 0 Å². The molecule has 1 nitrogen and oxygen atoms in total. The van der Waals surface area contributed by atoms with Crippen LogP contribution in [0.4, 0.5) is 0 Å². The Morgan fingerprint density at radius 1 is 1.13 bits per heavy atom. The summed E-state index contributed by atoms with van der Waals surface area (Å²) in [6, 6.07) is 6.56. The van der Waals surface area contributed by atoms with Gasteiger partial charge in [0.2, 0.25) is 0 Å². The van der Waals surface area contributed by atoms with Crippen LogP contribution in [0.25, 0.3) is 0 Å². The molecule has 1 aromatic carbocycles. The van der Waals surface area contributed by atoms with Gasteiger partial charge >= 0.3 is 0 Å². The molecule has 1 fully saturated rings. The van der Waals surface area contributed by atoms with Gasteiger partial charge in [-0.2, -0.15) is 0 Å². The smallest absolute Gasteiger partial charge is 0.0608 e. The lowest BCUT2D eigenvalue weighted by Gasteiger charge is -2.29. The van der Waals surface area contributed by atoms with Crippen molar-refractivity contribution in [3.63, 3.8) is 0 Å². The van der Waals surface area contributed by atoms with Crippen LogP contribution in [0.1, 0.15) is 48.3 Å². The number of aliphatic hydroxyl groups excluding tert-OH is 1. The fraction of sp³-hybridized carbons (Fsp3) is 0.571. The maximum absolute atomic E-state index is 10.0. The highest BCUT2D eigenvalue weighted by atomic mass is 16.3. The summed E-state index contributed by atoms with van der Waals surface area (Å²) in [7, 11) is 0. The first-order chi connectivity index (χ1) is 7.18. The Morgan fingerprint density at radius 3 is 2.60 bits per heavy atom. The van der Waals surface area contributed by atoms with E-state index in [1.165, 1.54) is 29.5 Å². The Bertz CT molecular complexity index is 343. The first kappa shape index (κ1) is 10.7. The van der Waals surface area contributed by atoms with Crippen molar-refractivity contribution in [2.24, 2.45) is 0 Å². The quantitative estimate of drug-likeness (QED) is 0.744. The molecule has 1 aliphatic rings. The SMILES string of the molecule is Cc1ccc(C)c(C2CCCCC2O)c1. The number of benzene rings is 1. The van der Waals surface area contributed by atoms with Crippen molar-refractivity contribution >= 4 is 0 Å². The number of aryl methyl sites for hydroxylation is 2. The van der Waals surface area contributed by atoms with Gasteiger partial charge in [0.1, 0.15) is 0 Å². The topological polar surface area (TPSA) is 20.2 Å². The van der Waals surface area contributed by atoms with Crippen molar-refractivity contribution in [2.45, 2.75) is 51.6 Å². The first-order valence-electron chi connectivity index (χ1n) is 5.93. The van der Waals surface area contributed by atoms with Crippen molar-refractivity contribution in [3.8, 4) is 0 Å². The lowest BCUT2D eigenvalue weighted by atomic mass is 9.80. The molecule has 0 spiro atoms. The van der Waals surface area contributed by atoms with Gasteiger partial charge < -0.3 is 5.11 Å². The van der Waals surface area contributed by atoms with Gasteiger partial charge in [-0.05, 0) is 37.8 Å². The van der Waals surface area contributed by atoms with Gasteiger partial charge in [0.05, 0.1) is 6.10 Å². The summed E-state index contributed by atoms with van der Waals surface area (Å²) in [5.74, 6) is 0.374. The molecule has 2 atom stereocenters. The van der Waals surface area contributed by atoms with Crippen molar-refractivity contribution in [1.82, 2.24) is 0 Å². The lowest BCUT2D eigenvalue weighted by Crippen LogP contribution is -2.23. The van der Waals surface area contributed by atoms with Crippen LogP contribution < -0.4 is 0 Å². The second-order valence-electron chi connectivity index (χ2n) is 4.82. The van der Waals surface area contributed by atoms with Crippen molar-refractivity contribution < 1.29 is 5.11 Å². The second kappa shape index (κ2) is 4.36. The molecule has 0 aromatic heterocycles. The van der Waals surface area contributed by atoms with E-state index >= 15 is 0 Å². The molecular weight excluding hydrogens is 184 g/mol. The van der Waals surface area contributed by atoms with E-state index in [-0.39, 0.29) is 6.10 Å². The first-order valence-corrected chi connectivity index (χ1v) is 5.93. The fourth-order valence-electron chi connectivity index (χ4n) is 2.63. The van der Waals surface area contributed by atoms with Gasteiger partial charge in [0, 0.05) is 5.92 Å². The van der Waals surface area contributed by atoms with Gasteiger partial charge in [-0.3, -0.25) is 0 Å². The molecule has 1 aromatic rings. The molecule has 82 valence electrons. The molecule has 0 saturated heterocycles. The van der Waals surface area contributed by atoms with Crippen LogP contribution in [0, 0.1) is 13.8 Å². The molecule has 2 unspecified atom stereocenters. The molecular formula is C14H20O. The minimum absolute atomic E-state index is 0.126. The highest BCUT2D eigenvalue weighted by Gasteiger charge is 2.25. The zero-order valence-electron chi connectivity index (χ0n) is 9.66. The molecule has 1 N–H and O–H groups in total. The largest absolute Gasteiger partial charge is 0.392 e. The average molecular weight is 204 g/mol. The van der Waals surface area contributed by atoms with Crippen LogP contribution >= 0.6 is 0 Å². The predicted octanol–water partition coefficient (Wildman–Crippen LogP) is 3.32. The Labute approximate surface area is 92.1 Å². The Kier molecular flexibility index (Phi) is 3.11. The summed E-state index contributed by atoms with van der Waals surface area (Å²) < 4.78 is 0. The van der Waals surface area contributed by atoms with E-state index in [0.717, 1.165) is 12.8 Å². The van der Waals surface area contributed by atoms with Crippen LogP contribution in [0.15, 0.2) is 18.2 Å². The normalized spacial score (nSPS) is 26.6. The molecule has 1 heteroatoms. The second-order valence-corrected chi connectivity index (χ2v) is 4.82. The molecule has 2 rings (SSSR count). The van der Waals surface area contributed by atoms with E-state index in [4.69, 9.17) is 0 Å². The third-order valence-corrected chi connectivity index (χ3v) is 3.56. The summed E-state index contributed by atoms with van der Waals surface area (Å²) >= 11 is 0. The van der Waals surface area contributed by atoms with Crippen LogP contribution in [-0.2, 0) is 0 Å². The molecule has 1 saturated carbocycles. The number of hydrogen-bond donors (Lipinski definition) is 1. The summed E-state index contributed by atoms with van der Waals surface area (Å²) in [5, 5.41) is 10.0. The average Bonchev–Trinajstić information content (AvgIpc) is 2.23. The summed E-state index contributed by atoms with van der Waals surface area (Å²) in [4.78, 5) is 0. The highest BCUT2D eigenvalue weighted by molar-refractivity contribution is 5.34. The van der Waals surface area contributed by atoms with Crippen LogP contribution in [-0.4, -0.2) is 11.2 Å². The number of aliphatic hydroxyl groups is 1. The highest BCUT2D eigenvalue weighted by Crippen LogP contribution is 2.34. The Hall–Kier alpha value is -0.820. The summed E-state index contributed by atoms with van der Waals surface area (Å²) in [6.07, 6.45) is 4.43. The molecule has 15 heavy (non-hydrogen) atoms. The fourth-order valence-corrected chi connectivity index (χ4v) is 2.63. The third kappa shape index (κ3) is 2.23. The van der Waals surface area contributed by atoms with E-state index in [0.29, 0.717) is 5.92 Å². The summed E-state index contributed by atoms with van der Waals surface area (Å²) in [5.41, 5.74) is 3.99. The van der Waals surface area contributed by atoms with Crippen LogP contribution in [0.3, 0.4) is 0 Å². The van der Waals surface area contributed by atoms with Gasteiger partial charge in [0.25, 0.3) is 0 Å². The van der Waals surface area contributed by atoms with Crippen LogP contribution in [0.2, 0.25) is 0 Å². The van der Waals surface area contributed by atoms with Crippen LogP contribution in [0.5, 0.6) is 0 Å². The van der Waals surface area contributed by atoms with Gasteiger partial charge in [0.15, 0.2) is 0 Å². The van der Waals surface area contributed by atoms with Gasteiger partial charge in [-0.15, -0.1) is 0 Å². The van der Waals surface area contributed by atoms with E-state index in [1.807, 2.05) is 0 Å². The zero-order valence-corrected chi connectivity index (χ0v) is 9.66. The third-order valence-electron chi connectivity index (χ3n) is 3.56. The van der Waals surface area contributed by atoms with E-state index < -0.39 is 0 Å². The Balaban J connectivity index is 2.30. The molecule has 0 bridgehead atoms. The zero-order chi connectivity index (χ0) is 10.8. The molecule has 0 radical (unpaired) electrons. The monoisotopic (exact) mass is 204 g/mol. The minimum Gasteiger partial charge on any atom is -0.392 e. The molecule has 0 aliphatic heterocycles. The predicted molar refractivity (Wildman–Crippen MR) is 63.1 cm³/mol. The van der Waals surface area contributed by atoms with Crippen molar-refractivity contribution in [3.05, 3.63) is 34.9 Å². The lowest BCUT2D eigenvalue weighted by molar-refractivity contribution is 0.106. The van der Waals surface area contributed by atoms with Crippen molar-refractivity contribution in [1.29, 1.82) is 0 Å². The van der Waals surface area contributed by atoms with Gasteiger partial charge in [-0.1, -0.05) is 36.6 Å². The molecule has 1 aliphatic carbocycles. The molecule has 0 amide bonds. The molecule has 0 heterocycles. The Morgan fingerprint density at radius 2 is 1.87 bits per heavy atom. The maximum atomic E-state index is 10.0. The number of rotatable bonds is 1. The summed E-state index contributed by atoms with van der Waals surface area (Å²) in [6.45, 7) is 4.27. The van der Waals surface area contributed by atoms with E-state index in [2.05, 4.69) is 32.0 Å². The van der Waals surface area contributed by atoms with Gasteiger partial charge in [-0.25, -0.2) is 0 Å². The van der Waals surface area contributed by atoms with E-state index in [9.17, 15) is 5.11 Å². The number of hydrogen-bond acceptors (Lipinski definition) is 1. The minimum atomic E-state index is -0.126. The maximum Gasteiger partial charge on any atom is 0.0608 e. The standard InChI is InChI=1S/C14H20O/c1-10-7-8-11(2)13(9-10)12-5-3-4-6-14(12)15/h7-9,12,14-15H,3-6H2,1-2H3.